The van der Waals surface area contributed by atoms with Gasteiger partial charge in [0.05, 0.1) is 22.4 Å². The highest BCUT2D eigenvalue weighted by molar-refractivity contribution is 6.35. The second-order valence-corrected chi connectivity index (χ2v) is 8.51. The summed E-state index contributed by atoms with van der Waals surface area (Å²) in [5, 5.41) is 13.6. The van der Waals surface area contributed by atoms with Gasteiger partial charge in [-0.15, -0.1) is 0 Å². The number of nitrogens with two attached hydrogens (primary N) is 1. The molecule has 2 rings (SSSR count). The van der Waals surface area contributed by atoms with Gasteiger partial charge in [0.1, 0.15) is 5.82 Å². The number of hydrogen-bond donors (Lipinski definition) is 3. The van der Waals surface area contributed by atoms with Crippen LogP contribution in [-0.2, 0) is 12.8 Å². The van der Waals surface area contributed by atoms with E-state index < -0.39 is 23.5 Å². The molecule has 0 aliphatic heterocycles. The fourth-order valence-electron chi connectivity index (χ4n) is 2.67. The highest BCUT2D eigenvalue weighted by Crippen LogP contribution is 2.25. The van der Waals surface area contributed by atoms with E-state index in [0.717, 1.165) is 0 Å². The van der Waals surface area contributed by atoms with Crippen molar-refractivity contribution in [2.45, 2.75) is 51.3 Å². The highest BCUT2D eigenvalue weighted by Gasteiger charge is 2.23. The van der Waals surface area contributed by atoms with Crippen LogP contribution in [0.5, 0.6) is 0 Å². The van der Waals surface area contributed by atoms with Crippen molar-refractivity contribution in [3.63, 3.8) is 0 Å². The van der Waals surface area contributed by atoms with Gasteiger partial charge in [-0.2, -0.15) is 0 Å². The molecule has 152 valence electrons. The number of aliphatic hydroxyl groups is 1. The molecule has 1 aromatic heterocycles. The third kappa shape index (κ3) is 6.14. The zero-order valence-electron chi connectivity index (χ0n) is 16.0. The summed E-state index contributed by atoms with van der Waals surface area (Å²) in [4.78, 5) is 16.7. The summed E-state index contributed by atoms with van der Waals surface area (Å²) in [6.07, 6.45) is 0.755. The molecule has 0 saturated carbocycles. The summed E-state index contributed by atoms with van der Waals surface area (Å²) in [6, 6.07) is 5.08. The number of nitrogens with zero attached hydrogens (tertiary/aromatic N) is 1. The maximum Gasteiger partial charge on any atom is 0.253 e. The van der Waals surface area contributed by atoms with Crippen LogP contribution in [-0.4, -0.2) is 33.7 Å². The molecule has 1 aromatic carbocycles. The molecule has 2 atom stereocenters. The molecule has 2 unspecified atom stereocenters. The predicted octanol–water partition coefficient (Wildman–Crippen LogP) is 3.53. The Morgan fingerprint density at radius 3 is 2.61 bits per heavy atom. The van der Waals surface area contributed by atoms with E-state index in [1.54, 1.807) is 18.3 Å². The molecular weight excluding hydrogens is 404 g/mol. The summed E-state index contributed by atoms with van der Waals surface area (Å²) in [7, 11) is 0. The van der Waals surface area contributed by atoms with E-state index in [1.165, 1.54) is 12.1 Å². The number of halogens is 3. The van der Waals surface area contributed by atoms with E-state index in [0.29, 0.717) is 16.8 Å². The lowest BCUT2D eigenvalue weighted by Gasteiger charge is -2.23. The van der Waals surface area contributed by atoms with Crippen LogP contribution in [0.15, 0.2) is 30.5 Å². The van der Waals surface area contributed by atoms with Crippen LogP contribution in [0.25, 0.3) is 0 Å². The van der Waals surface area contributed by atoms with Gasteiger partial charge in [-0.05, 0) is 57.0 Å². The third-order valence-electron chi connectivity index (χ3n) is 4.07. The van der Waals surface area contributed by atoms with E-state index in [1.807, 2.05) is 20.8 Å². The lowest BCUT2D eigenvalue weighted by atomic mass is 9.97. The number of hydrogen-bond acceptors (Lipinski definition) is 4. The first-order valence-corrected chi connectivity index (χ1v) is 9.57. The minimum absolute atomic E-state index is 0.0720. The van der Waals surface area contributed by atoms with Crippen molar-refractivity contribution in [1.29, 1.82) is 0 Å². The Morgan fingerprint density at radius 2 is 1.96 bits per heavy atom. The van der Waals surface area contributed by atoms with Gasteiger partial charge in [0.15, 0.2) is 0 Å². The third-order valence-corrected chi connectivity index (χ3v) is 4.71. The largest absolute Gasteiger partial charge is 0.391 e. The van der Waals surface area contributed by atoms with Gasteiger partial charge in [0.2, 0.25) is 0 Å². The van der Waals surface area contributed by atoms with E-state index in [2.05, 4.69) is 10.3 Å². The van der Waals surface area contributed by atoms with Gasteiger partial charge < -0.3 is 16.2 Å². The van der Waals surface area contributed by atoms with Gasteiger partial charge in [-0.25, -0.2) is 4.39 Å². The average Bonchev–Trinajstić information content (AvgIpc) is 2.58. The van der Waals surface area contributed by atoms with Crippen molar-refractivity contribution in [3.8, 4) is 0 Å². The van der Waals surface area contributed by atoms with Crippen molar-refractivity contribution < 1.29 is 14.3 Å². The van der Waals surface area contributed by atoms with Crippen LogP contribution < -0.4 is 11.1 Å². The molecule has 5 nitrogen and oxygen atoms in total. The number of pyridine rings is 1. The zero-order valence-corrected chi connectivity index (χ0v) is 17.5. The van der Waals surface area contributed by atoms with Crippen molar-refractivity contribution in [2.24, 2.45) is 5.73 Å². The van der Waals surface area contributed by atoms with Crippen LogP contribution in [0.1, 0.15) is 42.4 Å². The molecule has 0 spiro atoms. The Hall–Kier alpha value is -1.73. The number of carbonyl (C=O) groups excluding carboxylic acids is 1. The zero-order chi connectivity index (χ0) is 21.1. The quantitative estimate of drug-likeness (QED) is 0.615. The van der Waals surface area contributed by atoms with Crippen LogP contribution >= 0.6 is 23.2 Å². The molecule has 1 heterocycles. The Kier molecular flexibility index (Phi) is 7.39. The van der Waals surface area contributed by atoms with E-state index in [-0.39, 0.29) is 28.8 Å². The number of nitrogens with one attached hydrogen (secondary N) is 1. The topological polar surface area (TPSA) is 88.2 Å². The maximum absolute atomic E-state index is 13.7. The Labute approximate surface area is 174 Å². The maximum atomic E-state index is 13.7. The second-order valence-electron chi connectivity index (χ2n) is 7.70. The van der Waals surface area contributed by atoms with Crippen LogP contribution in [0.4, 0.5) is 4.39 Å². The minimum atomic E-state index is -1.01. The predicted molar refractivity (Wildman–Crippen MR) is 109 cm³/mol. The van der Waals surface area contributed by atoms with Crippen molar-refractivity contribution >= 4 is 29.1 Å². The van der Waals surface area contributed by atoms with Gasteiger partial charge in [0, 0.05) is 29.2 Å². The molecule has 0 saturated heterocycles. The summed E-state index contributed by atoms with van der Waals surface area (Å²) in [6.45, 7) is 5.63. The standard InChI is InChI=1S/C20H24Cl2FN3O2/c1-20(2,3)26-19(28)12-5-4-6-25-17(12)10-18(27)16(24)8-11-7-15(23)14(22)9-13(11)21/h4-7,9,16,18,27H,8,10,24H2,1-3H3,(H,26,28). The van der Waals surface area contributed by atoms with Gasteiger partial charge in [-0.1, -0.05) is 23.2 Å². The number of benzene rings is 1. The Balaban J connectivity index is 2.13. The lowest BCUT2D eigenvalue weighted by molar-refractivity contribution is 0.0916. The first-order valence-electron chi connectivity index (χ1n) is 8.81. The normalized spacial score (nSPS) is 13.9. The van der Waals surface area contributed by atoms with Gasteiger partial charge >= 0.3 is 0 Å². The fraction of sp³-hybridized carbons (Fsp3) is 0.400. The van der Waals surface area contributed by atoms with E-state index >= 15 is 0 Å². The second kappa shape index (κ2) is 9.18. The molecule has 28 heavy (non-hydrogen) atoms. The SMILES string of the molecule is CC(C)(C)NC(=O)c1cccnc1CC(O)C(N)Cc1cc(F)c(Cl)cc1Cl. The highest BCUT2D eigenvalue weighted by atomic mass is 35.5. The van der Waals surface area contributed by atoms with Gasteiger partial charge in [-0.3, -0.25) is 9.78 Å². The smallest absolute Gasteiger partial charge is 0.253 e. The molecule has 0 fully saturated rings. The average molecular weight is 428 g/mol. The molecule has 2 aromatic rings. The Bertz CT molecular complexity index is 856. The van der Waals surface area contributed by atoms with E-state index in [4.69, 9.17) is 28.9 Å². The van der Waals surface area contributed by atoms with Crippen LogP contribution in [0, 0.1) is 5.82 Å². The van der Waals surface area contributed by atoms with E-state index in [9.17, 15) is 14.3 Å². The number of aromatic nitrogens is 1. The Morgan fingerprint density at radius 1 is 1.29 bits per heavy atom. The minimum Gasteiger partial charge on any atom is -0.391 e. The van der Waals surface area contributed by atoms with Crippen molar-refractivity contribution in [1.82, 2.24) is 10.3 Å². The molecule has 0 bridgehead atoms. The lowest BCUT2D eigenvalue weighted by Crippen LogP contribution is -2.42. The first-order chi connectivity index (χ1) is 13.0. The number of carbonyl (C=O) groups is 1. The molecule has 0 aliphatic carbocycles. The summed E-state index contributed by atoms with van der Waals surface area (Å²) in [5.74, 6) is -0.882. The number of aliphatic hydroxyl groups excluding tert-OH is 1. The molecule has 8 heteroatoms. The molecular formula is C20H24Cl2FN3O2. The molecule has 4 N–H and O–H groups in total. The van der Waals surface area contributed by atoms with Gasteiger partial charge in [0.25, 0.3) is 5.91 Å². The van der Waals surface area contributed by atoms with Crippen LogP contribution in [0.2, 0.25) is 10.0 Å². The number of rotatable bonds is 6. The molecule has 0 aliphatic rings. The first kappa shape index (κ1) is 22.6. The monoisotopic (exact) mass is 427 g/mol. The fourth-order valence-corrected chi connectivity index (χ4v) is 3.14. The summed E-state index contributed by atoms with van der Waals surface area (Å²) >= 11 is 11.8. The summed E-state index contributed by atoms with van der Waals surface area (Å²) < 4.78 is 13.7. The van der Waals surface area contributed by atoms with Crippen molar-refractivity contribution in [2.75, 3.05) is 0 Å². The number of amides is 1. The summed E-state index contributed by atoms with van der Waals surface area (Å²) in [5.41, 5.74) is 6.93. The molecule has 0 radical (unpaired) electrons. The van der Waals surface area contributed by atoms with Crippen molar-refractivity contribution in [3.05, 3.63) is 63.1 Å². The molecule has 1 amide bonds. The van der Waals surface area contributed by atoms with Crippen LogP contribution in [0.3, 0.4) is 0 Å².